The van der Waals surface area contributed by atoms with E-state index < -0.39 is 6.03 Å². The number of primary amides is 1. The largest absolute Gasteiger partial charge is 0.490 e. The van der Waals surface area contributed by atoms with Crippen molar-refractivity contribution in [1.29, 1.82) is 0 Å². The summed E-state index contributed by atoms with van der Waals surface area (Å²) < 4.78 is 18.6. The number of hydrazone groups is 1. The number of amides is 2. The Morgan fingerprint density at radius 2 is 1.95 bits per heavy atom. The third-order valence-corrected chi connectivity index (χ3v) is 3.30. The Morgan fingerprint density at radius 3 is 2.55 bits per heavy atom. The highest BCUT2D eigenvalue weighted by atomic mass is 19.1. The van der Waals surface area contributed by atoms with Gasteiger partial charge in [-0.3, -0.25) is 0 Å². The predicted octanol–water partition coefficient (Wildman–Crippen LogP) is 2.42. The molecule has 0 aliphatic heterocycles. The van der Waals surface area contributed by atoms with Crippen molar-refractivity contribution >= 4 is 12.2 Å². The Labute approximate surface area is 117 Å². The number of carbonyl (C=O) groups excluding carboxylic acids is 1. The zero-order chi connectivity index (χ0) is 14.4. The summed E-state index contributed by atoms with van der Waals surface area (Å²) in [6.45, 7) is 0. The lowest BCUT2D eigenvalue weighted by atomic mass is 9.88. The molecule has 0 unspecified atom stereocenters. The Balaban J connectivity index is 1.75. The van der Waals surface area contributed by atoms with E-state index in [2.05, 4.69) is 10.5 Å². The van der Waals surface area contributed by atoms with Gasteiger partial charge in [0.1, 0.15) is 11.6 Å². The number of rotatable bonds is 4. The second kappa shape index (κ2) is 6.88. The first-order chi connectivity index (χ1) is 9.63. The summed E-state index contributed by atoms with van der Waals surface area (Å²) in [7, 11) is 0. The number of nitrogens with two attached hydrogens (primary N) is 1. The van der Waals surface area contributed by atoms with E-state index in [1.165, 1.54) is 12.1 Å². The molecule has 1 fully saturated rings. The molecule has 0 atom stereocenters. The third-order valence-electron chi connectivity index (χ3n) is 3.30. The lowest BCUT2D eigenvalue weighted by Gasteiger charge is -2.26. The van der Waals surface area contributed by atoms with Gasteiger partial charge in [0.15, 0.2) is 0 Å². The van der Waals surface area contributed by atoms with Crippen LogP contribution in [0.15, 0.2) is 29.4 Å². The molecule has 2 rings (SSSR count). The van der Waals surface area contributed by atoms with Crippen LogP contribution in [-0.4, -0.2) is 18.3 Å². The highest BCUT2D eigenvalue weighted by molar-refractivity contribution is 5.73. The van der Waals surface area contributed by atoms with E-state index in [-0.39, 0.29) is 11.9 Å². The number of halogens is 1. The Bertz CT molecular complexity index is 468. The van der Waals surface area contributed by atoms with Crippen molar-refractivity contribution in [3.05, 3.63) is 30.1 Å². The summed E-state index contributed by atoms with van der Waals surface area (Å²) in [5.74, 6) is 0.757. The monoisotopic (exact) mass is 279 g/mol. The van der Waals surface area contributed by atoms with Gasteiger partial charge >= 0.3 is 6.03 Å². The number of hydrogen-bond acceptors (Lipinski definition) is 3. The molecule has 3 N–H and O–H groups in total. The fraction of sp³-hybridized carbons (Fsp3) is 0.429. The fourth-order valence-electron chi connectivity index (χ4n) is 2.27. The summed E-state index contributed by atoms with van der Waals surface area (Å²) in [6.07, 6.45) is 5.56. The molecule has 6 heteroatoms. The summed E-state index contributed by atoms with van der Waals surface area (Å²) in [5.41, 5.74) is 7.11. The van der Waals surface area contributed by atoms with Crippen molar-refractivity contribution in [1.82, 2.24) is 5.43 Å². The van der Waals surface area contributed by atoms with Crippen LogP contribution in [0.2, 0.25) is 0 Å². The fourth-order valence-corrected chi connectivity index (χ4v) is 2.27. The van der Waals surface area contributed by atoms with Crippen LogP contribution in [-0.2, 0) is 0 Å². The Morgan fingerprint density at radius 1 is 1.30 bits per heavy atom. The molecule has 1 aliphatic rings. The van der Waals surface area contributed by atoms with E-state index in [1.54, 1.807) is 18.3 Å². The second-order valence-electron chi connectivity index (χ2n) is 4.86. The molecule has 20 heavy (non-hydrogen) atoms. The normalized spacial score (nSPS) is 22.6. The number of urea groups is 1. The average molecular weight is 279 g/mol. The van der Waals surface area contributed by atoms with Gasteiger partial charge < -0.3 is 10.5 Å². The predicted molar refractivity (Wildman–Crippen MR) is 74.0 cm³/mol. The van der Waals surface area contributed by atoms with E-state index in [0.717, 1.165) is 25.7 Å². The van der Waals surface area contributed by atoms with Gasteiger partial charge in [0.2, 0.25) is 0 Å². The van der Waals surface area contributed by atoms with Crippen molar-refractivity contribution in [2.24, 2.45) is 16.8 Å². The van der Waals surface area contributed by atoms with Crippen LogP contribution in [0.4, 0.5) is 9.18 Å². The van der Waals surface area contributed by atoms with Gasteiger partial charge in [-0.25, -0.2) is 14.6 Å². The Kier molecular flexibility index (Phi) is 4.92. The number of nitrogens with one attached hydrogen (secondary N) is 1. The quantitative estimate of drug-likeness (QED) is 0.656. The lowest BCUT2D eigenvalue weighted by molar-refractivity contribution is 0.145. The van der Waals surface area contributed by atoms with Crippen molar-refractivity contribution < 1.29 is 13.9 Å². The highest BCUT2D eigenvalue weighted by Crippen LogP contribution is 2.26. The van der Waals surface area contributed by atoms with Gasteiger partial charge in [0.25, 0.3) is 0 Å². The molecule has 0 heterocycles. The maximum atomic E-state index is 12.8. The first-order valence-corrected chi connectivity index (χ1v) is 6.64. The van der Waals surface area contributed by atoms with E-state index in [4.69, 9.17) is 10.5 Å². The van der Waals surface area contributed by atoms with E-state index in [9.17, 15) is 9.18 Å². The number of benzene rings is 1. The summed E-state index contributed by atoms with van der Waals surface area (Å²) in [4.78, 5) is 10.5. The lowest BCUT2D eigenvalue weighted by Crippen LogP contribution is -2.27. The standard InChI is InChI=1S/C14H18FN3O2/c15-11-3-7-13(8-4-11)20-12-5-1-10(2-6-12)9-17-18-14(16)19/h3-4,7-10,12H,1-2,5-6H2,(H3,16,18,19). The molecule has 0 saturated heterocycles. The van der Waals surface area contributed by atoms with Crippen LogP contribution in [0.5, 0.6) is 5.75 Å². The first-order valence-electron chi connectivity index (χ1n) is 6.64. The Hall–Kier alpha value is -2.11. The van der Waals surface area contributed by atoms with Crippen LogP contribution in [0.25, 0.3) is 0 Å². The maximum Gasteiger partial charge on any atom is 0.332 e. The smallest absolute Gasteiger partial charge is 0.332 e. The van der Waals surface area contributed by atoms with Crippen molar-refractivity contribution in [2.45, 2.75) is 31.8 Å². The van der Waals surface area contributed by atoms with Crippen LogP contribution in [0.1, 0.15) is 25.7 Å². The van der Waals surface area contributed by atoms with Crippen molar-refractivity contribution in [3.8, 4) is 5.75 Å². The van der Waals surface area contributed by atoms with Crippen LogP contribution in [0.3, 0.4) is 0 Å². The second-order valence-corrected chi connectivity index (χ2v) is 4.86. The van der Waals surface area contributed by atoms with E-state index >= 15 is 0 Å². The van der Waals surface area contributed by atoms with E-state index in [1.807, 2.05) is 0 Å². The zero-order valence-corrected chi connectivity index (χ0v) is 11.1. The van der Waals surface area contributed by atoms with Crippen LogP contribution < -0.4 is 15.9 Å². The summed E-state index contributed by atoms with van der Waals surface area (Å²) in [6, 6.07) is 5.40. The minimum Gasteiger partial charge on any atom is -0.490 e. The van der Waals surface area contributed by atoms with Gasteiger partial charge in [0.05, 0.1) is 6.10 Å². The van der Waals surface area contributed by atoms with Crippen LogP contribution in [0, 0.1) is 11.7 Å². The maximum absolute atomic E-state index is 12.8. The molecular weight excluding hydrogens is 261 g/mol. The van der Waals surface area contributed by atoms with Gasteiger partial charge in [-0.15, -0.1) is 0 Å². The van der Waals surface area contributed by atoms with Crippen molar-refractivity contribution in [3.63, 3.8) is 0 Å². The number of ether oxygens (including phenoxy) is 1. The van der Waals surface area contributed by atoms with Crippen LogP contribution >= 0.6 is 0 Å². The van der Waals surface area contributed by atoms with Gasteiger partial charge in [-0.1, -0.05) is 0 Å². The summed E-state index contributed by atoms with van der Waals surface area (Å²) in [5, 5.41) is 3.78. The van der Waals surface area contributed by atoms with Gasteiger partial charge in [-0.2, -0.15) is 5.10 Å². The molecule has 1 aliphatic carbocycles. The molecule has 1 aromatic rings. The molecule has 1 aromatic carbocycles. The molecule has 0 bridgehead atoms. The SMILES string of the molecule is NC(=O)NN=CC1CCC(Oc2ccc(F)cc2)CC1. The first kappa shape index (κ1) is 14.3. The minimum absolute atomic E-state index is 0.147. The zero-order valence-electron chi connectivity index (χ0n) is 11.1. The number of carbonyl (C=O) groups is 1. The average Bonchev–Trinajstić information content (AvgIpc) is 2.43. The van der Waals surface area contributed by atoms with E-state index in [0.29, 0.717) is 11.7 Å². The summed E-state index contributed by atoms with van der Waals surface area (Å²) >= 11 is 0. The third kappa shape index (κ3) is 4.53. The number of hydrogen-bond donors (Lipinski definition) is 2. The minimum atomic E-state index is -0.658. The molecular formula is C14H18FN3O2. The molecule has 2 amide bonds. The topological polar surface area (TPSA) is 76.7 Å². The van der Waals surface area contributed by atoms with Gasteiger partial charge in [-0.05, 0) is 55.9 Å². The molecule has 0 spiro atoms. The molecule has 0 radical (unpaired) electrons. The van der Waals surface area contributed by atoms with Crippen molar-refractivity contribution in [2.75, 3.05) is 0 Å². The number of nitrogens with zero attached hydrogens (tertiary/aromatic N) is 1. The molecule has 0 aromatic heterocycles. The molecule has 1 saturated carbocycles. The van der Waals surface area contributed by atoms with Gasteiger partial charge in [0, 0.05) is 6.21 Å². The molecule has 5 nitrogen and oxygen atoms in total. The molecule has 108 valence electrons. The highest BCUT2D eigenvalue weighted by Gasteiger charge is 2.21.